The van der Waals surface area contributed by atoms with E-state index in [1.165, 1.54) is 109 Å². The zero-order valence-electron chi connectivity index (χ0n) is 36.3. The molecule has 10 heteroatoms. The molecule has 0 radical (unpaired) electrons. The van der Waals surface area contributed by atoms with Gasteiger partial charge in [-0.15, -0.1) is 0 Å². The molecule has 0 bridgehead atoms. The van der Waals surface area contributed by atoms with Crippen LogP contribution in [-0.4, -0.2) is 82.1 Å². The smallest absolute Gasteiger partial charge is 0.251 e. The standard InChI is InChI=1S/C47H83NO9/c1-4-7-10-13-16-19-20-21-22-25-28-31-42(50)47(54)43(46(53)57-41(37-49)44(47)51)48-45(52)38-32-33-39(55-34-29-26-23-17-14-11-8-5-2)40(36-38)56-35-30-27-24-18-15-12-9-6-3/h32-33,36,41,43-44,46,49,51,53-54H,4-31,34-35,37H2,1-3H3,(H,48,52)/t41-,43+,44-,46?,47-/m1/s1. The van der Waals surface area contributed by atoms with Gasteiger partial charge in [0.2, 0.25) is 0 Å². The minimum Gasteiger partial charge on any atom is -0.490 e. The van der Waals surface area contributed by atoms with Gasteiger partial charge in [-0.3, -0.25) is 9.59 Å². The number of rotatable bonds is 36. The fourth-order valence-electron chi connectivity index (χ4n) is 7.77. The second kappa shape index (κ2) is 31.7. The molecule has 1 unspecified atom stereocenters. The van der Waals surface area contributed by atoms with Crippen LogP contribution in [0.5, 0.6) is 11.5 Å². The molecule has 1 aliphatic heterocycles. The van der Waals surface area contributed by atoms with Crippen molar-refractivity contribution in [1.29, 1.82) is 0 Å². The summed E-state index contributed by atoms with van der Waals surface area (Å²) in [5.41, 5.74) is -2.40. The van der Waals surface area contributed by atoms with Crippen LogP contribution in [0.1, 0.15) is 211 Å². The molecular weight excluding hydrogens is 723 g/mol. The molecule has 57 heavy (non-hydrogen) atoms. The maximum Gasteiger partial charge on any atom is 0.251 e. The number of Topliss-reactive ketones (excluding diaryl/α,β-unsaturated/α-hetero) is 1. The Bertz CT molecular complexity index is 1180. The number of hydrogen-bond acceptors (Lipinski definition) is 9. The zero-order chi connectivity index (χ0) is 41.6. The maximum absolute atomic E-state index is 13.8. The second-order valence-corrected chi connectivity index (χ2v) is 16.5. The van der Waals surface area contributed by atoms with Gasteiger partial charge in [0, 0.05) is 12.0 Å². The van der Waals surface area contributed by atoms with E-state index in [0.29, 0.717) is 31.1 Å². The van der Waals surface area contributed by atoms with Crippen LogP contribution in [0, 0.1) is 0 Å². The number of unbranched alkanes of at least 4 members (excludes halogenated alkanes) is 24. The molecule has 1 saturated heterocycles. The third-order valence-corrected chi connectivity index (χ3v) is 11.5. The quantitative estimate of drug-likeness (QED) is 0.0417. The SMILES string of the molecule is CCCCCCCCCCCCCC(=O)[C@]1(O)[C@H](O)[C@@H](CO)OC(O)[C@@H]1NC(=O)c1ccc(OCCCCCCCCCC)c(OCCCCCCCCCC)c1. The Balaban J connectivity index is 2.06. The first kappa shape index (κ1) is 50.9. The largest absolute Gasteiger partial charge is 0.490 e. The van der Waals surface area contributed by atoms with Crippen molar-refractivity contribution in [3.63, 3.8) is 0 Å². The predicted octanol–water partition coefficient (Wildman–Crippen LogP) is 9.90. The second-order valence-electron chi connectivity index (χ2n) is 16.5. The van der Waals surface area contributed by atoms with Crippen LogP contribution in [-0.2, 0) is 9.53 Å². The highest BCUT2D eigenvalue weighted by Gasteiger charge is 2.59. The number of aliphatic hydroxyl groups excluding tert-OH is 3. The number of hydrogen-bond donors (Lipinski definition) is 5. The lowest BCUT2D eigenvalue weighted by Gasteiger charge is -2.47. The van der Waals surface area contributed by atoms with Gasteiger partial charge in [0.25, 0.3) is 5.91 Å². The number of ether oxygens (including phenoxy) is 3. The molecule has 330 valence electrons. The molecule has 5 N–H and O–H groups in total. The lowest BCUT2D eigenvalue weighted by atomic mass is 9.77. The summed E-state index contributed by atoms with van der Waals surface area (Å²) in [7, 11) is 0. The van der Waals surface area contributed by atoms with Gasteiger partial charge in [-0.1, -0.05) is 175 Å². The fraction of sp³-hybridized carbons (Fsp3) is 0.830. The fourth-order valence-corrected chi connectivity index (χ4v) is 7.77. The number of aliphatic hydroxyl groups is 4. The van der Waals surface area contributed by atoms with Gasteiger partial charge in [0.15, 0.2) is 29.2 Å². The first-order valence-corrected chi connectivity index (χ1v) is 23.3. The van der Waals surface area contributed by atoms with E-state index >= 15 is 0 Å². The van der Waals surface area contributed by atoms with Gasteiger partial charge in [-0.05, 0) is 37.5 Å². The number of carbonyl (C=O) groups excluding carboxylic acids is 2. The van der Waals surface area contributed by atoms with Gasteiger partial charge in [-0.25, -0.2) is 0 Å². The van der Waals surface area contributed by atoms with Gasteiger partial charge < -0.3 is 40.0 Å². The summed E-state index contributed by atoms with van der Waals surface area (Å²) in [6.07, 6.45) is 25.6. The first-order chi connectivity index (χ1) is 27.7. The molecule has 0 aliphatic carbocycles. The molecule has 0 saturated carbocycles. The van der Waals surface area contributed by atoms with E-state index < -0.39 is 48.4 Å². The van der Waals surface area contributed by atoms with Gasteiger partial charge in [-0.2, -0.15) is 0 Å². The Morgan fingerprint density at radius 2 is 1.05 bits per heavy atom. The van der Waals surface area contributed by atoms with Crippen molar-refractivity contribution in [3.05, 3.63) is 23.8 Å². The molecule has 2 rings (SSSR count). The van der Waals surface area contributed by atoms with Crippen LogP contribution in [0.3, 0.4) is 0 Å². The normalized spacial score (nSPS) is 20.8. The summed E-state index contributed by atoms with van der Waals surface area (Å²) in [6.45, 7) is 6.92. The van der Waals surface area contributed by atoms with Crippen LogP contribution in [0.4, 0.5) is 0 Å². The van der Waals surface area contributed by atoms with Crippen molar-refractivity contribution >= 4 is 11.7 Å². The van der Waals surface area contributed by atoms with Gasteiger partial charge in [0.1, 0.15) is 18.2 Å². The average Bonchev–Trinajstić information content (AvgIpc) is 3.21. The van der Waals surface area contributed by atoms with E-state index in [9.17, 15) is 30.0 Å². The summed E-state index contributed by atoms with van der Waals surface area (Å²) in [6, 6.07) is 3.17. The summed E-state index contributed by atoms with van der Waals surface area (Å²) in [5.74, 6) is -0.440. The van der Waals surface area contributed by atoms with Crippen LogP contribution >= 0.6 is 0 Å². The molecule has 5 atom stereocenters. The van der Waals surface area contributed by atoms with Crippen molar-refractivity contribution < 1.29 is 44.2 Å². The summed E-state index contributed by atoms with van der Waals surface area (Å²) in [5, 5.41) is 46.4. The molecule has 1 fully saturated rings. The Hall–Kier alpha value is -2.24. The van der Waals surface area contributed by atoms with E-state index in [4.69, 9.17) is 14.2 Å². The highest BCUT2D eigenvalue weighted by molar-refractivity contribution is 5.96. The first-order valence-electron chi connectivity index (χ1n) is 23.3. The van der Waals surface area contributed by atoms with E-state index in [2.05, 4.69) is 26.1 Å². The minimum atomic E-state index is -2.58. The molecule has 1 aromatic rings. The summed E-state index contributed by atoms with van der Waals surface area (Å²) < 4.78 is 17.7. The molecule has 1 heterocycles. The lowest BCUT2D eigenvalue weighted by molar-refractivity contribution is -0.278. The average molecular weight is 806 g/mol. The number of carbonyl (C=O) groups is 2. The lowest BCUT2D eigenvalue weighted by Crippen LogP contribution is -2.74. The molecule has 1 aliphatic rings. The third kappa shape index (κ3) is 19.6. The van der Waals surface area contributed by atoms with E-state index in [1.807, 2.05) is 0 Å². The highest BCUT2D eigenvalue weighted by atomic mass is 16.6. The van der Waals surface area contributed by atoms with Crippen molar-refractivity contribution in [2.45, 2.75) is 231 Å². The minimum absolute atomic E-state index is 0.0521. The molecular formula is C47H83NO9. The van der Waals surface area contributed by atoms with Gasteiger partial charge >= 0.3 is 0 Å². The van der Waals surface area contributed by atoms with E-state index in [-0.39, 0.29) is 12.0 Å². The van der Waals surface area contributed by atoms with Crippen molar-refractivity contribution in [2.75, 3.05) is 19.8 Å². The Kier molecular flexibility index (Phi) is 28.3. The number of benzene rings is 1. The number of nitrogens with one attached hydrogen (secondary N) is 1. The molecule has 1 amide bonds. The van der Waals surface area contributed by atoms with Crippen LogP contribution in [0.15, 0.2) is 18.2 Å². The summed E-state index contributed by atoms with van der Waals surface area (Å²) in [4.78, 5) is 27.4. The maximum atomic E-state index is 13.8. The monoisotopic (exact) mass is 806 g/mol. The molecule has 1 aromatic carbocycles. The highest BCUT2D eigenvalue weighted by Crippen LogP contribution is 2.33. The Morgan fingerprint density at radius 1 is 0.632 bits per heavy atom. The summed E-state index contributed by atoms with van der Waals surface area (Å²) >= 11 is 0. The Labute approximate surface area is 346 Å². The van der Waals surface area contributed by atoms with Crippen molar-refractivity contribution in [3.8, 4) is 11.5 Å². The van der Waals surface area contributed by atoms with E-state index in [1.54, 1.807) is 18.2 Å². The van der Waals surface area contributed by atoms with Gasteiger partial charge in [0.05, 0.1) is 19.8 Å². The number of amides is 1. The van der Waals surface area contributed by atoms with Crippen LogP contribution in [0.25, 0.3) is 0 Å². The zero-order valence-corrected chi connectivity index (χ0v) is 36.3. The Morgan fingerprint density at radius 3 is 1.51 bits per heavy atom. The van der Waals surface area contributed by atoms with Crippen molar-refractivity contribution in [1.82, 2.24) is 5.32 Å². The van der Waals surface area contributed by atoms with Crippen LogP contribution in [0.2, 0.25) is 0 Å². The van der Waals surface area contributed by atoms with E-state index in [0.717, 1.165) is 57.8 Å². The number of ketones is 1. The van der Waals surface area contributed by atoms with Crippen LogP contribution < -0.4 is 14.8 Å². The third-order valence-electron chi connectivity index (χ3n) is 11.5. The molecule has 0 spiro atoms. The predicted molar refractivity (Wildman–Crippen MR) is 229 cm³/mol. The van der Waals surface area contributed by atoms with Crippen molar-refractivity contribution in [2.24, 2.45) is 0 Å². The topological polar surface area (TPSA) is 155 Å². The molecule has 0 aromatic heterocycles. The molecule has 10 nitrogen and oxygen atoms in total.